The number of anilines is 3. The minimum Gasteiger partial charge on any atom is -0.481 e. The van der Waals surface area contributed by atoms with E-state index >= 15 is 0 Å². The van der Waals surface area contributed by atoms with Gasteiger partial charge in [-0.15, -0.1) is 0 Å². The highest BCUT2D eigenvalue weighted by molar-refractivity contribution is 6.13. The summed E-state index contributed by atoms with van der Waals surface area (Å²) in [5.74, 6) is 0.128. The van der Waals surface area contributed by atoms with Crippen molar-refractivity contribution < 1.29 is 13.9 Å². The molecule has 6 heteroatoms. The third-order valence-electron chi connectivity index (χ3n) is 5.18. The van der Waals surface area contributed by atoms with Crippen LogP contribution in [-0.4, -0.2) is 24.7 Å². The van der Waals surface area contributed by atoms with Crippen LogP contribution in [0.1, 0.15) is 27.2 Å². The Morgan fingerprint density at radius 3 is 2.34 bits per heavy atom. The number of hydrogen-bond acceptors (Lipinski definition) is 4. The van der Waals surface area contributed by atoms with Gasteiger partial charge in [0.2, 0.25) is 5.88 Å². The molecule has 0 atom stereocenters. The summed E-state index contributed by atoms with van der Waals surface area (Å²) in [6.45, 7) is 5.98. The number of carbonyl (C=O) groups excluding carboxylic acids is 1. The fourth-order valence-electron chi connectivity index (χ4n) is 3.73. The monoisotopic (exact) mass is 391 g/mol. The number of amides is 1. The van der Waals surface area contributed by atoms with Gasteiger partial charge in [-0.3, -0.25) is 9.69 Å². The van der Waals surface area contributed by atoms with Gasteiger partial charge in [-0.25, -0.2) is 9.37 Å². The zero-order valence-corrected chi connectivity index (χ0v) is 16.9. The summed E-state index contributed by atoms with van der Waals surface area (Å²) in [5.41, 5.74) is 5.49. The van der Waals surface area contributed by atoms with E-state index < -0.39 is 0 Å². The molecule has 1 aliphatic heterocycles. The summed E-state index contributed by atoms with van der Waals surface area (Å²) in [6, 6.07) is 14.1. The maximum absolute atomic E-state index is 13.7. The molecule has 148 valence electrons. The Morgan fingerprint density at radius 2 is 1.66 bits per heavy atom. The van der Waals surface area contributed by atoms with Crippen molar-refractivity contribution in [3.8, 4) is 5.88 Å². The van der Waals surface area contributed by atoms with Crippen LogP contribution in [0.4, 0.5) is 21.5 Å². The van der Waals surface area contributed by atoms with Crippen molar-refractivity contribution >= 4 is 23.0 Å². The first kappa shape index (κ1) is 18.9. The summed E-state index contributed by atoms with van der Waals surface area (Å²) in [5, 5.41) is 0. The van der Waals surface area contributed by atoms with E-state index in [4.69, 9.17) is 4.74 Å². The Kier molecular flexibility index (Phi) is 4.70. The molecular weight excluding hydrogens is 369 g/mol. The molecule has 1 amide bonds. The number of methoxy groups -OCH3 is 1. The largest absolute Gasteiger partial charge is 0.481 e. The van der Waals surface area contributed by atoms with E-state index in [9.17, 15) is 9.18 Å². The molecule has 1 aliphatic rings. The molecule has 0 fully saturated rings. The highest BCUT2D eigenvalue weighted by Crippen LogP contribution is 2.38. The van der Waals surface area contributed by atoms with E-state index in [-0.39, 0.29) is 11.7 Å². The predicted octanol–water partition coefficient (Wildman–Crippen LogP) is 4.91. The van der Waals surface area contributed by atoms with E-state index in [1.165, 1.54) is 12.1 Å². The molecule has 0 radical (unpaired) electrons. The van der Waals surface area contributed by atoms with Crippen molar-refractivity contribution in [3.63, 3.8) is 0 Å². The van der Waals surface area contributed by atoms with Crippen LogP contribution in [0.5, 0.6) is 5.88 Å². The minimum atomic E-state index is -0.282. The van der Waals surface area contributed by atoms with E-state index in [1.807, 2.05) is 49.9 Å². The third kappa shape index (κ3) is 3.31. The summed E-state index contributed by atoms with van der Waals surface area (Å²) >= 11 is 0. The number of aromatic nitrogens is 1. The van der Waals surface area contributed by atoms with Gasteiger partial charge in [0.25, 0.3) is 5.91 Å². The summed E-state index contributed by atoms with van der Waals surface area (Å²) in [7, 11) is 1.56. The second-order valence-corrected chi connectivity index (χ2v) is 7.21. The summed E-state index contributed by atoms with van der Waals surface area (Å²) in [6.07, 6.45) is 0. The third-order valence-corrected chi connectivity index (χ3v) is 5.18. The number of rotatable bonds is 3. The number of nitrogens with zero attached hydrogens (tertiary/aromatic N) is 3. The van der Waals surface area contributed by atoms with Crippen molar-refractivity contribution in [1.82, 2.24) is 4.98 Å². The van der Waals surface area contributed by atoms with E-state index in [0.717, 1.165) is 22.5 Å². The molecule has 2 aromatic carbocycles. The molecule has 4 rings (SSSR count). The quantitative estimate of drug-likeness (QED) is 0.636. The molecule has 3 aromatic rings. The smallest absolute Gasteiger partial charge is 0.261 e. The molecule has 0 saturated carbocycles. The molecule has 5 nitrogen and oxygen atoms in total. The van der Waals surface area contributed by atoms with E-state index in [0.29, 0.717) is 29.5 Å². The van der Waals surface area contributed by atoms with Crippen molar-refractivity contribution in [3.05, 3.63) is 76.7 Å². The Morgan fingerprint density at radius 1 is 0.931 bits per heavy atom. The van der Waals surface area contributed by atoms with Gasteiger partial charge in [-0.2, -0.15) is 0 Å². The molecule has 0 saturated heterocycles. The topological polar surface area (TPSA) is 45.7 Å². The Hall–Kier alpha value is -3.41. The molecule has 2 heterocycles. The summed E-state index contributed by atoms with van der Waals surface area (Å²) < 4.78 is 18.9. The number of ether oxygens (including phenoxy) is 1. The van der Waals surface area contributed by atoms with Crippen LogP contribution in [0.2, 0.25) is 0 Å². The average molecular weight is 391 g/mol. The molecule has 1 aromatic heterocycles. The number of hydrogen-bond donors (Lipinski definition) is 0. The Labute approximate surface area is 169 Å². The number of carbonyl (C=O) groups is 1. The van der Waals surface area contributed by atoms with E-state index in [1.54, 1.807) is 24.1 Å². The highest BCUT2D eigenvalue weighted by Gasteiger charge is 2.32. The molecule has 0 N–H and O–H groups in total. The van der Waals surface area contributed by atoms with Crippen LogP contribution in [-0.2, 0) is 0 Å². The van der Waals surface area contributed by atoms with Gasteiger partial charge >= 0.3 is 0 Å². The SMILES string of the molecule is COc1ccc(N2CN(c3ccc(F)cc3C)c3ccc(C)cc3C2=O)c(C)n1. The van der Waals surface area contributed by atoms with E-state index in [2.05, 4.69) is 4.98 Å². The Balaban J connectivity index is 1.87. The fraction of sp³-hybridized carbons (Fsp3) is 0.217. The maximum Gasteiger partial charge on any atom is 0.261 e. The fourth-order valence-corrected chi connectivity index (χ4v) is 3.73. The van der Waals surface area contributed by atoms with Crippen LogP contribution < -0.4 is 14.5 Å². The number of pyridine rings is 1. The molecule has 29 heavy (non-hydrogen) atoms. The zero-order valence-electron chi connectivity index (χ0n) is 16.9. The molecule has 0 bridgehead atoms. The van der Waals surface area contributed by atoms with Crippen LogP contribution in [0, 0.1) is 26.6 Å². The second-order valence-electron chi connectivity index (χ2n) is 7.21. The standard InChI is InChI=1S/C23H22FN3O2/c1-14-5-7-21-18(11-14)23(28)27(20-9-10-22(29-4)25-16(20)3)13-26(21)19-8-6-17(24)12-15(19)2/h5-12H,13H2,1-4H3. The van der Waals surface area contributed by atoms with Crippen molar-refractivity contribution in [2.24, 2.45) is 0 Å². The lowest BCUT2D eigenvalue weighted by Gasteiger charge is -2.39. The second kappa shape index (κ2) is 7.20. The molecule has 0 spiro atoms. The van der Waals surface area contributed by atoms with Gasteiger partial charge in [0.05, 0.1) is 29.7 Å². The molecule has 0 unspecified atom stereocenters. The number of fused-ring (bicyclic) bond motifs is 1. The van der Waals surface area contributed by atoms with Gasteiger partial charge < -0.3 is 9.64 Å². The lowest BCUT2D eigenvalue weighted by molar-refractivity contribution is 0.0983. The van der Waals surface area contributed by atoms with Gasteiger partial charge in [-0.1, -0.05) is 11.6 Å². The van der Waals surface area contributed by atoms with Crippen molar-refractivity contribution in [2.45, 2.75) is 20.8 Å². The number of benzene rings is 2. The number of aryl methyl sites for hydroxylation is 3. The van der Waals surface area contributed by atoms with Crippen molar-refractivity contribution in [1.29, 1.82) is 0 Å². The first-order chi connectivity index (χ1) is 13.9. The van der Waals surface area contributed by atoms with Crippen LogP contribution in [0.25, 0.3) is 0 Å². The van der Waals surface area contributed by atoms with Crippen molar-refractivity contribution in [2.75, 3.05) is 23.6 Å². The van der Waals surface area contributed by atoms with Gasteiger partial charge in [0.15, 0.2) is 0 Å². The van der Waals surface area contributed by atoms with Gasteiger partial charge in [0.1, 0.15) is 12.5 Å². The highest BCUT2D eigenvalue weighted by atomic mass is 19.1. The number of halogens is 1. The van der Waals surface area contributed by atoms with Gasteiger partial charge in [-0.05, 0) is 62.7 Å². The zero-order chi connectivity index (χ0) is 20.7. The molecule has 0 aliphatic carbocycles. The lowest BCUT2D eigenvalue weighted by Crippen LogP contribution is -2.45. The first-order valence-corrected chi connectivity index (χ1v) is 9.37. The average Bonchev–Trinajstić information content (AvgIpc) is 2.69. The Bertz CT molecular complexity index is 1110. The minimum absolute atomic E-state index is 0.0882. The summed E-state index contributed by atoms with van der Waals surface area (Å²) in [4.78, 5) is 21.5. The predicted molar refractivity (Wildman–Crippen MR) is 112 cm³/mol. The van der Waals surface area contributed by atoms with Crippen LogP contribution in [0.3, 0.4) is 0 Å². The lowest BCUT2D eigenvalue weighted by atomic mass is 10.0. The maximum atomic E-state index is 13.7. The normalized spacial score (nSPS) is 13.5. The van der Waals surface area contributed by atoms with Crippen LogP contribution in [0.15, 0.2) is 48.5 Å². The van der Waals surface area contributed by atoms with Gasteiger partial charge in [0, 0.05) is 11.8 Å². The first-order valence-electron chi connectivity index (χ1n) is 9.37. The molecular formula is C23H22FN3O2. The van der Waals surface area contributed by atoms with Crippen LogP contribution >= 0.6 is 0 Å².